The van der Waals surface area contributed by atoms with Crippen molar-refractivity contribution in [2.24, 2.45) is 17.3 Å². The summed E-state index contributed by atoms with van der Waals surface area (Å²) in [5.41, 5.74) is 0.607. The second kappa shape index (κ2) is 5.67. The molecule has 0 saturated carbocycles. The van der Waals surface area contributed by atoms with E-state index in [1.54, 1.807) is 0 Å². The molecular formula is C13H28. The van der Waals surface area contributed by atoms with Crippen molar-refractivity contribution in [3.8, 4) is 0 Å². The van der Waals surface area contributed by atoms with Crippen LogP contribution in [0, 0.1) is 17.3 Å². The molecule has 80 valence electrons. The molecule has 0 aromatic carbocycles. The molecule has 0 nitrogen and oxygen atoms in total. The van der Waals surface area contributed by atoms with E-state index in [0.29, 0.717) is 5.41 Å². The normalized spacial score (nSPS) is 15.0. The highest BCUT2D eigenvalue weighted by atomic mass is 14.4. The molecule has 0 aromatic rings. The van der Waals surface area contributed by atoms with Gasteiger partial charge in [0.05, 0.1) is 0 Å². The van der Waals surface area contributed by atoms with Crippen molar-refractivity contribution >= 4 is 0 Å². The lowest BCUT2D eigenvalue weighted by molar-refractivity contribution is 0.126. The molecule has 0 N–H and O–H groups in total. The Balaban J connectivity index is 4.38. The highest BCUT2D eigenvalue weighted by molar-refractivity contribution is 4.81. The Bertz CT molecular complexity index is 120. The average Bonchev–Trinajstić information content (AvgIpc) is 2.13. The SMILES string of the molecule is CCC(C)CC(CC)(CC)C(C)C. The maximum Gasteiger partial charge on any atom is -0.0277 e. The molecule has 0 aromatic heterocycles. The minimum absolute atomic E-state index is 0.607. The molecule has 0 rings (SSSR count). The van der Waals surface area contributed by atoms with E-state index in [-0.39, 0.29) is 0 Å². The van der Waals surface area contributed by atoms with E-state index in [0.717, 1.165) is 11.8 Å². The first-order valence-electron chi connectivity index (χ1n) is 6.02. The van der Waals surface area contributed by atoms with Crippen LogP contribution in [0.3, 0.4) is 0 Å². The van der Waals surface area contributed by atoms with E-state index >= 15 is 0 Å². The monoisotopic (exact) mass is 184 g/mol. The van der Waals surface area contributed by atoms with Crippen molar-refractivity contribution in [2.45, 2.75) is 67.2 Å². The predicted octanol–water partition coefficient (Wildman–Crippen LogP) is 4.89. The largest absolute Gasteiger partial charge is 0.0651 e. The number of hydrogen-bond acceptors (Lipinski definition) is 0. The van der Waals surface area contributed by atoms with Gasteiger partial charge in [0.2, 0.25) is 0 Å². The van der Waals surface area contributed by atoms with Gasteiger partial charge in [0.1, 0.15) is 0 Å². The molecule has 0 saturated heterocycles. The molecule has 0 spiro atoms. The Labute approximate surface area is 85.1 Å². The van der Waals surface area contributed by atoms with Crippen molar-refractivity contribution in [2.75, 3.05) is 0 Å². The van der Waals surface area contributed by atoms with Crippen LogP contribution in [-0.4, -0.2) is 0 Å². The summed E-state index contributed by atoms with van der Waals surface area (Å²) in [6.45, 7) is 14.2. The molecule has 0 bridgehead atoms. The lowest BCUT2D eigenvalue weighted by Gasteiger charge is -2.38. The molecule has 0 radical (unpaired) electrons. The minimum atomic E-state index is 0.607. The third-order valence-electron chi connectivity index (χ3n) is 4.08. The maximum absolute atomic E-state index is 2.39. The van der Waals surface area contributed by atoms with Crippen molar-refractivity contribution < 1.29 is 0 Å². The van der Waals surface area contributed by atoms with Crippen molar-refractivity contribution in [3.63, 3.8) is 0 Å². The van der Waals surface area contributed by atoms with Gasteiger partial charge in [-0.15, -0.1) is 0 Å². The molecule has 0 fully saturated rings. The van der Waals surface area contributed by atoms with Gasteiger partial charge < -0.3 is 0 Å². The zero-order chi connectivity index (χ0) is 10.5. The second-order valence-electron chi connectivity index (χ2n) is 4.94. The van der Waals surface area contributed by atoms with Crippen LogP contribution < -0.4 is 0 Å². The topological polar surface area (TPSA) is 0 Å². The summed E-state index contributed by atoms with van der Waals surface area (Å²) < 4.78 is 0. The van der Waals surface area contributed by atoms with Gasteiger partial charge in [-0.3, -0.25) is 0 Å². The van der Waals surface area contributed by atoms with Crippen LogP contribution in [0.5, 0.6) is 0 Å². The van der Waals surface area contributed by atoms with Gasteiger partial charge in [-0.1, -0.05) is 60.8 Å². The highest BCUT2D eigenvalue weighted by Crippen LogP contribution is 2.41. The molecule has 0 aliphatic rings. The Morgan fingerprint density at radius 1 is 0.923 bits per heavy atom. The number of rotatable bonds is 6. The molecule has 0 heterocycles. The third kappa shape index (κ3) is 3.32. The van der Waals surface area contributed by atoms with Crippen LogP contribution in [0.15, 0.2) is 0 Å². The Morgan fingerprint density at radius 2 is 1.38 bits per heavy atom. The zero-order valence-corrected chi connectivity index (χ0v) is 10.5. The summed E-state index contributed by atoms with van der Waals surface area (Å²) in [6, 6.07) is 0. The summed E-state index contributed by atoms with van der Waals surface area (Å²) in [7, 11) is 0. The zero-order valence-electron chi connectivity index (χ0n) is 10.5. The first-order valence-corrected chi connectivity index (χ1v) is 6.02. The van der Waals surface area contributed by atoms with Crippen LogP contribution >= 0.6 is 0 Å². The van der Waals surface area contributed by atoms with Crippen LogP contribution in [0.25, 0.3) is 0 Å². The molecular weight excluding hydrogens is 156 g/mol. The van der Waals surface area contributed by atoms with Crippen LogP contribution in [-0.2, 0) is 0 Å². The molecule has 1 atom stereocenters. The molecule has 0 aliphatic carbocycles. The van der Waals surface area contributed by atoms with E-state index in [9.17, 15) is 0 Å². The van der Waals surface area contributed by atoms with Gasteiger partial charge in [-0.25, -0.2) is 0 Å². The van der Waals surface area contributed by atoms with Gasteiger partial charge in [0.25, 0.3) is 0 Å². The van der Waals surface area contributed by atoms with Gasteiger partial charge in [-0.05, 0) is 23.7 Å². The van der Waals surface area contributed by atoms with E-state index in [1.807, 2.05) is 0 Å². The summed E-state index contributed by atoms with van der Waals surface area (Å²) >= 11 is 0. The Hall–Kier alpha value is 0. The van der Waals surface area contributed by atoms with Crippen LogP contribution in [0.1, 0.15) is 67.2 Å². The van der Waals surface area contributed by atoms with Gasteiger partial charge in [0, 0.05) is 0 Å². The Morgan fingerprint density at radius 3 is 1.62 bits per heavy atom. The third-order valence-corrected chi connectivity index (χ3v) is 4.08. The number of hydrogen-bond donors (Lipinski definition) is 0. The first kappa shape index (κ1) is 13.0. The molecule has 0 heteroatoms. The van der Waals surface area contributed by atoms with Gasteiger partial charge in [0.15, 0.2) is 0 Å². The van der Waals surface area contributed by atoms with Crippen molar-refractivity contribution in [1.29, 1.82) is 0 Å². The molecule has 13 heavy (non-hydrogen) atoms. The fourth-order valence-electron chi connectivity index (χ4n) is 2.43. The van der Waals surface area contributed by atoms with E-state index in [1.165, 1.54) is 25.7 Å². The second-order valence-corrected chi connectivity index (χ2v) is 4.94. The lowest BCUT2D eigenvalue weighted by Crippen LogP contribution is -2.28. The maximum atomic E-state index is 2.39. The average molecular weight is 184 g/mol. The van der Waals surface area contributed by atoms with Crippen molar-refractivity contribution in [3.05, 3.63) is 0 Å². The molecule has 0 aliphatic heterocycles. The summed E-state index contributed by atoms with van der Waals surface area (Å²) in [6.07, 6.45) is 5.42. The summed E-state index contributed by atoms with van der Waals surface area (Å²) in [5.74, 6) is 1.72. The standard InChI is InChI=1S/C13H28/c1-7-12(6)10-13(8-2,9-3)11(4)5/h11-12H,7-10H2,1-6H3. The fraction of sp³-hybridized carbons (Fsp3) is 1.00. The van der Waals surface area contributed by atoms with Crippen LogP contribution in [0.2, 0.25) is 0 Å². The summed E-state index contributed by atoms with van der Waals surface area (Å²) in [5, 5.41) is 0. The van der Waals surface area contributed by atoms with Gasteiger partial charge >= 0.3 is 0 Å². The summed E-state index contributed by atoms with van der Waals surface area (Å²) in [4.78, 5) is 0. The van der Waals surface area contributed by atoms with E-state index in [2.05, 4.69) is 41.5 Å². The fourth-order valence-corrected chi connectivity index (χ4v) is 2.43. The van der Waals surface area contributed by atoms with E-state index < -0.39 is 0 Å². The van der Waals surface area contributed by atoms with Gasteiger partial charge in [-0.2, -0.15) is 0 Å². The molecule has 0 amide bonds. The first-order chi connectivity index (χ1) is 6.02. The predicted molar refractivity (Wildman–Crippen MR) is 61.9 cm³/mol. The lowest BCUT2D eigenvalue weighted by atomic mass is 9.67. The highest BCUT2D eigenvalue weighted by Gasteiger charge is 2.30. The molecule has 1 unspecified atom stereocenters. The Kier molecular flexibility index (Phi) is 5.67. The quantitative estimate of drug-likeness (QED) is 0.551. The van der Waals surface area contributed by atoms with Crippen molar-refractivity contribution in [1.82, 2.24) is 0 Å². The van der Waals surface area contributed by atoms with E-state index in [4.69, 9.17) is 0 Å². The smallest absolute Gasteiger partial charge is 0.0277 e. The van der Waals surface area contributed by atoms with Crippen LogP contribution in [0.4, 0.5) is 0 Å². The minimum Gasteiger partial charge on any atom is -0.0651 e.